The molecule has 0 aliphatic carbocycles. The molecule has 0 bridgehead atoms. The van der Waals surface area contributed by atoms with E-state index in [9.17, 15) is 10.1 Å². The second-order valence-electron chi connectivity index (χ2n) is 3.82. The Labute approximate surface area is 113 Å². The van der Waals surface area contributed by atoms with Crippen LogP contribution in [0.5, 0.6) is 0 Å². The smallest absolute Gasteiger partial charge is 0.280 e. The zero-order valence-electron chi connectivity index (χ0n) is 9.83. The first-order chi connectivity index (χ1) is 9.02. The Balaban J connectivity index is 2.59. The van der Waals surface area contributed by atoms with Crippen LogP contribution in [0.4, 0.5) is 5.69 Å². The third-order valence-corrected chi connectivity index (χ3v) is 2.96. The topological polar surface area (TPSA) is 88.9 Å². The highest BCUT2D eigenvalue weighted by atomic mass is 35.5. The van der Waals surface area contributed by atoms with Gasteiger partial charge in [0.25, 0.3) is 5.69 Å². The second-order valence-corrected chi connectivity index (χ2v) is 4.23. The monoisotopic (exact) mass is 280 g/mol. The molecular formula is C12H9ClN2O4. The fraction of sp³-hybridized carbons (Fsp3) is 0.0833. The van der Waals surface area contributed by atoms with E-state index in [1.54, 1.807) is 13.0 Å². The molecule has 0 saturated carbocycles. The van der Waals surface area contributed by atoms with Gasteiger partial charge in [0.2, 0.25) is 0 Å². The number of hydrogen-bond acceptors (Lipinski definition) is 5. The van der Waals surface area contributed by atoms with Crippen molar-refractivity contribution in [3.8, 4) is 11.3 Å². The van der Waals surface area contributed by atoms with E-state index in [1.807, 2.05) is 0 Å². The molecule has 0 unspecified atom stereocenters. The standard InChI is InChI=1S/C12H9ClN2O4/c1-7-4-11(15(17)18)9(5-10(7)13)12-3-2-8(19-12)6-14-16/h2-6,16H,1H3/b14-6-. The van der Waals surface area contributed by atoms with Crippen molar-refractivity contribution in [1.82, 2.24) is 0 Å². The predicted molar refractivity (Wildman–Crippen MR) is 69.9 cm³/mol. The summed E-state index contributed by atoms with van der Waals surface area (Å²) >= 11 is 5.98. The number of nitrogens with zero attached hydrogens (tertiary/aromatic N) is 2. The van der Waals surface area contributed by atoms with Crippen LogP contribution < -0.4 is 0 Å². The van der Waals surface area contributed by atoms with Crippen molar-refractivity contribution in [2.75, 3.05) is 0 Å². The molecule has 0 aliphatic heterocycles. The van der Waals surface area contributed by atoms with E-state index >= 15 is 0 Å². The predicted octanol–water partition coefficient (Wildman–Crippen LogP) is 3.62. The summed E-state index contributed by atoms with van der Waals surface area (Å²) < 4.78 is 5.32. The minimum Gasteiger partial charge on any atom is -0.455 e. The van der Waals surface area contributed by atoms with Gasteiger partial charge in [-0.15, -0.1) is 0 Å². The van der Waals surface area contributed by atoms with E-state index in [4.69, 9.17) is 21.2 Å². The van der Waals surface area contributed by atoms with E-state index in [0.29, 0.717) is 10.6 Å². The van der Waals surface area contributed by atoms with Crippen LogP contribution in [0, 0.1) is 17.0 Å². The Morgan fingerprint density at radius 3 is 2.84 bits per heavy atom. The van der Waals surface area contributed by atoms with Crippen molar-refractivity contribution in [3.05, 3.63) is 50.7 Å². The molecule has 1 aromatic carbocycles. The molecule has 0 amide bonds. The number of oxime groups is 1. The fourth-order valence-electron chi connectivity index (χ4n) is 1.64. The minimum atomic E-state index is -0.499. The van der Waals surface area contributed by atoms with Crippen LogP contribution in [0.1, 0.15) is 11.3 Å². The molecule has 0 aliphatic rings. The summed E-state index contributed by atoms with van der Waals surface area (Å²) in [7, 11) is 0. The van der Waals surface area contributed by atoms with Crippen LogP contribution in [-0.2, 0) is 0 Å². The molecule has 6 nitrogen and oxygen atoms in total. The molecule has 19 heavy (non-hydrogen) atoms. The molecule has 2 rings (SSSR count). The lowest BCUT2D eigenvalue weighted by Crippen LogP contribution is -1.93. The van der Waals surface area contributed by atoms with Crippen LogP contribution in [0.3, 0.4) is 0 Å². The summed E-state index contributed by atoms with van der Waals surface area (Å²) in [5, 5.41) is 22.7. The van der Waals surface area contributed by atoms with Crippen molar-refractivity contribution in [1.29, 1.82) is 0 Å². The van der Waals surface area contributed by atoms with Crippen molar-refractivity contribution in [3.63, 3.8) is 0 Å². The number of nitro benzene ring substituents is 1. The normalized spacial score (nSPS) is 11.1. The van der Waals surface area contributed by atoms with E-state index < -0.39 is 4.92 Å². The number of aryl methyl sites for hydroxylation is 1. The van der Waals surface area contributed by atoms with E-state index in [1.165, 1.54) is 18.2 Å². The summed E-state index contributed by atoms with van der Waals surface area (Å²) in [6.07, 6.45) is 1.09. The number of benzene rings is 1. The van der Waals surface area contributed by atoms with Gasteiger partial charge < -0.3 is 9.62 Å². The lowest BCUT2D eigenvalue weighted by molar-refractivity contribution is -0.384. The third-order valence-electron chi connectivity index (χ3n) is 2.55. The Morgan fingerprint density at radius 1 is 1.47 bits per heavy atom. The lowest BCUT2D eigenvalue weighted by atomic mass is 10.1. The van der Waals surface area contributed by atoms with E-state index in [-0.39, 0.29) is 22.8 Å². The van der Waals surface area contributed by atoms with Gasteiger partial charge in [0.1, 0.15) is 17.7 Å². The highest BCUT2D eigenvalue weighted by Crippen LogP contribution is 2.35. The van der Waals surface area contributed by atoms with Gasteiger partial charge in [-0.3, -0.25) is 10.1 Å². The number of furan rings is 1. The average molecular weight is 281 g/mol. The maximum absolute atomic E-state index is 11.0. The molecule has 98 valence electrons. The van der Waals surface area contributed by atoms with E-state index in [2.05, 4.69) is 5.16 Å². The van der Waals surface area contributed by atoms with Crippen molar-refractivity contribution >= 4 is 23.5 Å². The van der Waals surface area contributed by atoms with Gasteiger partial charge in [-0.05, 0) is 30.7 Å². The minimum absolute atomic E-state index is 0.0938. The van der Waals surface area contributed by atoms with Gasteiger partial charge in [0.15, 0.2) is 0 Å². The highest BCUT2D eigenvalue weighted by Gasteiger charge is 2.20. The number of hydrogen-bond donors (Lipinski definition) is 1. The lowest BCUT2D eigenvalue weighted by Gasteiger charge is -2.03. The Bertz CT molecular complexity index is 664. The van der Waals surface area contributed by atoms with Gasteiger partial charge in [-0.25, -0.2) is 0 Å². The van der Waals surface area contributed by atoms with Crippen molar-refractivity contribution in [2.45, 2.75) is 6.92 Å². The second kappa shape index (κ2) is 5.11. The summed E-state index contributed by atoms with van der Waals surface area (Å²) in [5.41, 5.74) is 0.794. The molecule has 0 fully saturated rings. The molecule has 0 radical (unpaired) electrons. The molecular weight excluding hydrogens is 272 g/mol. The van der Waals surface area contributed by atoms with Gasteiger partial charge in [0.05, 0.1) is 10.5 Å². The maximum atomic E-state index is 11.0. The largest absolute Gasteiger partial charge is 0.455 e. The summed E-state index contributed by atoms with van der Waals surface area (Å²) in [4.78, 5) is 10.5. The molecule has 7 heteroatoms. The third kappa shape index (κ3) is 2.58. The Kier molecular flexibility index (Phi) is 3.52. The first kappa shape index (κ1) is 13.1. The van der Waals surface area contributed by atoms with Crippen LogP contribution in [-0.4, -0.2) is 16.3 Å². The number of rotatable bonds is 3. The zero-order chi connectivity index (χ0) is 14.0. The quantitative estimate of drug-likeness (QED) is 0.402. The fourth-order valence-corrected chi connectivity index (χ4v) is 1.80. The van der Waals surface area contributed by atoms with Gasteiger partial charge in [-0.2, -0.15) is 0 Å². The Hall–Kier alpha value is -2.34. The molecule has 1 N–H and O–H groups in total. The number of halogens is 1. The first-order valence-electron chi connectivity index (χ1n) is 5.25. The Morgan fingerprint density at radius 2 is 2.21 bits per heavy atom. The SMILES string of the molecule is Cc1cc([N+](=O)[O-])c(-c2ccc(/C=N\O)o2)cc1Cl. The summed E-state index contributed by atoms with van der Waals surface area (Å²) in [6, 6.07) is 5.95. The average Bonchev–Trinajstić information content (AvgIpc) is 2.81. The molecule has 0 atom stereocenters. The van der Waals surface area contributed by atoms with Crippen molar-refractivity contribution in [2.24, 2.45) is 5.16 Å². The molecule has 2 aromatic rings. The number of nitro groups is 1. The maximum Gasteiger partial charge on any atom is 0.280 e. The van der Waals surface area contributed by atoms with Gasteiger partial charge in [0, 0.05) is 11.1 Å². The van der Waals surface area contributed by atoms with Crippen LogP contribution in [0.2, 0.25) is 5.02 Å². The molecule has 0 saturated heterocycles. The summed E-state index contributed by atoms with van der Waals surface area (Å²) in [5.74, 6) is 0.562. The van der Waals surface area contributed by atoms with Crippen LogP contribution in [0.25, 0.3) is 11.3 Å². The van der Waals surface area contributed by atoms with E-state index in [0.717, 1.165) is 6.21 Å². The van der Waals surface area contributed by atoms with Crippen LogP contribution >= 0.6 is 11.6 Å². The van der Waals surface area contributed by atoms with Crippen molar-refractivity contribution < 1.29 is 14.5 Å². The first-order valence-corrected chi connectivity index (χ1v) is 5.63. The molecule has 1 heterocycles. The molecule has 1 aromatic heterocycles. The zero-order valence-corrected chi connectivity index (χ0v) is 10.6. The highest BCUT2D eigenvalue weighted by molar-refractivity contribution is 6.31. The van der Waals surface area contributed by atoms with Gasteiger partial charge in [-0.1, -0.05) is 16.8 Å². The summed E-state index contributed by atoms with van der Waals surface area (Å²) in [6.45, 7) is 1.69. The molecule has 0 spiro atoms. The van der Waals surface area contributed by atoms with Gasteiger partial charge >= 0.3 is 0 Å². The van der Waals surface area contributed by atoms with Crippen LogP contribution in [0.15, 0.2) is 33.8 Å².